The number of benzene rings is 3. The summed E-state index contributed by atoms with van der Waals surface area (Å²) in [5.41, 5.74) is 1.65. The third kappa shape index (κ3) is 4.13. The van der Waals surface area contributed by atoms with Crippen LogP contribution >= 0.6 is 11.3 Å². The first-order valence-electron chi connectivity index (χ1n) is 8.92. The van der Waals surface area contributed by atoms with Crippen molar-refractivity contribution in [3.05, 3.63) is 78.1 Å². The van der Waals surface area contributed by atoms with Crippen molar-refractivity contribution in [2.45, 2.75) is 0 Å². The summed E-state index contributed by atoms with van der Waals surface area (Å²) < 4.78 is 20.3. The van der Waals surface area contributed by atoms with Crippen molar-refractivity contribution in [2.75, 3.05) is 11.9 Å². The molecule has 8 heteroatoms. The zero-order chi connectivity index (χ0) is 21.1. The molecule has 1 aromatic heterocycles. The number of thiazole rings is 1. The molecule has 1 heterocycles. The lowest BCUT2D eigenvalue weighted by molar-refractivity contribution is -0.139. The van der Waals surface area contributed by atoms with Gasteiger partial charge in [-0.2, -0.15) is 0 Å². The molecular formula is C22H15FN2O4S. The Balaban J connectivity index is 1.71. The van der Waals surface area contributed by atoms with Crippen LogP contribution in [0.5, 0.6) is 5.75 Å². The number of nitrogens with one attached hydrogen (secondary N) is 1. The predicted molar refractivity (Wildman–Crippen MR) is 113 cm³/mol. The summed E-state index contributed by atoms with van der Waals surface area (Å²) in [5, 5.41) is 12.2. The van der Waals surface area contributed by atoms with Gasteiger partial charge in [-0.1, -0.05) is 24.3 Å². The third-order valence-corrected chi connectivity index (χ3v) is 5.30. The maximum Gasteiger partial charge on any atom is 0.341 e. The number of ether oxygens (including phenoxy) is 1. The largest absolute Gasteiger partial charge is 0.481 e. The summed E-state index contributed by atoms with van der Waals surface area (Å²) in [6.07, 6.45) is 0. The topological polar surface area (TPSA) is 88.5 Å². The summed E-state index contributed by atoms with van der Waals surface area (Å²) in [4.78, 5) is 28.0. The second-order valence-corrected chi connectivity index (χ2v) is 7.34. The lowest BCUT2D eigenvalue weighted by Crippen LogP contribution is -2.14. The van der Waals surface area contributed by atoms with Crippen molar-refractivity contribution in [1.82, 2.24) is 4.98 Å². The van der Waals surface area contributed by atoms with Gasteiger partial charge >= 0.3 is 5.97 Å². The molecule has 150 valence electrons. The van der Waals surface area contributed by atoms with E-state index in [1.807, 2.05) is 24.3 Å². The molecule has 3 aromatic carbocycles. The van der Waals surface area contributed by atoms with Gasteiger partial charge in [-0.15, -0.1) is 11.3 Å². The van der Waals surface area contributed by atoms with Crippen LogP contribution in [-0.4, -0.2) is 28.6 Å². The molecule has 0 spiro atoms. The Bertz CT molecular complexity index is 1220. The van der Waals surface area contributed by atoms with Gasteiger partial charge in [0.15, 0.2) is 6.61 Å². The van der Waals surface area contributed by atoms with Crippen LogP contribution in [0.3, 0.4) is 0 Å². The van der Waals surface area contributed by atoms with Gasteiger partial charge in [-0.05, 0) is 42.5 Å². The number of carboxylic acids is 1. The van der Waals surface area contributed by atoms with Gasteiger partial charge in [0.25, 0.3) is 5.91 Å². The van der Waals surface area contributed by atoms with Gasteiger partial charge in [-0.25, -0.2) is 14.2 Å². The first-order valence-corrected chi connectivity index (χ1v) is 9.73. The van der Waals surface area contributed by atoms with E-state index in [1.165, 1.54) is 29.5 Å². The van der Waals surface area contributed by atoms with Crippen LogP contribution in [-0.2, 0) is 4.79 Å². The van der Waals surface area contributed by atoms with E-state index in [1.54, 1.807) is 24.3 Å². The Hall–Kier alpha value is -3.78. The average molecular weight is 422 g/mol. The number of hydrogen-bond donors (Lipinski definition) is 2. The van der Waals surface area contributed by atoms with Crippen LogP contribution in [0.1, 0.15) is 10.4 Å². The van der Waals surface area contributed by atoms with E-state index >= 15 is 0 Å². The zero-order valence-electron chi connectivity index (χ0n) is 15.5. The molecule has 0 saturated carbocycles. The highest BCUT2D eigenvalue weighted by molar-refractivity contribution is 7.21. The van der Waals surface area contributed by atoms with Crippen LogP contribution < -0.4 is 10.1 Å². The molecule has 6 nitrogen and oxygen atoms in total. The second-order valence-electron chi connectivity index (χ2n) is 6.31. The zero-order valence-corrected chi connectivity index (χ0v) is 16.3. The Morgan fingerprint density at radius 2 is 1.83 bits per heavy atom. The van der Waals surface area contributed by atoms with Crippen molar-refractivity contribution in [1.29, 1.82) is 0 Å². The highest BCUT2D eigenvalue weighted by Gasteiger charge is 2.16. The second kappa shape index (κ2) is 8.30. The summed E-state index contributed by atoms with van der Waals surface area (Å²) in [6.45, 7) is -0.515. The standard InChI is InChI=1S/C22H15FN2O4S/c23-16-6-2-1-5-14(16)21(28)24-13-9-10-18(29-12-20(26)27)15(11-13)22-25-17-7-3-4-8-19(17)30-22/h1-11H,12H2,(H,24,28)(H,26,27). The third-order valence-electron chi connectivity index (χ3n) is 4.23. The van der Waals surface area contributed by atoms with Crippen molar-refractivity contribution >= 4 is 39.1 Å². The van der Waals surface area contributed by atoms with E-state index < -0.39 is 24.3 Å². The molecule has 4 aromatic rings. The van der Waals surface area contributed by atoms with Crippen molar-refractivity contribution in [3.8, 4) is 16.3 Å². The predicted octanol–water partition coefficient (Wildman–Crippen LogP) is 4.82. The molecule has 0 saturated heterocycles. The molecule has 0 aliphatic rings. The number of para-hydroxylation sites is 1. The SMILES string of the molecule is O=C(O)COc1ccc(NC(=O)c2ccccc2F)cc1-c1nc2ccccc2s1. The van der Waals surface area contributed by atoms with Gasteiger partial charge < -0.3 is 15.2 Å². The van der Waals surface area contributed by atoms with Gasteiger partial charge in [-0.3, -0.25) is 4.79 Å². The maximum absolute atomic E-state index is 13.9. The van der Waals surface area contributed by atoms with Crippen LogP contribution in [0.2, 0.25) is 0 Å². The quantitative estimate of drug-likeness (QED) is 0.465. The lowest BCUT2D eigenvalue weighted by Gasteiger charge is -2.12. The number of rotatable bonds is 6. The molecule has 0 unspecified atom stereocenters. The summed E-state index contributed by atoms with van der Waals surface area (Å²) >= 11 is 1.41. The number of nitrogens with zero attached hydrogens (tertiary/aromatic N) is 1. The number of amides is 1. The van der Waals surface area contributed by atoms with Crippen LogP contribution in [0.25, 0.3) is 20.8 Å². The van der Waals surface area contributed by atoms with E-state index in [2.05, 4.69) is 10.3 Å². The Kier molecular flexibility index (Phi) is 5.40. The van der Waals surface area contributed by atoms with E-state index in [0.29, 0.717) is 22.0 Å². The highest BCUT2D eigenvalue weighted by Crippen LogP contribution is 2.37. The number of aliphatic carboxylic acids is 1. The number of halogens is 1. The number of carbonyl (C=O) groups excluding carboxylic acids is 1. The minimum atomic E-state index is -1.11. The first kappa shape index (κ1) is 19.5. The fraction of sp³-hybridized carbons (Fsp3) is 0.0455. The Morgan fingerprint density at radius 3 is 2.60 bits per heavy atom. The molecule has 0 aliphatic carbocycles. The number of carbonyl (C=O) groups is 2. The van der Waals surface area contributed by atoms with Gasteiger partial charge in [0.05, 0.1) is 21.3 Å². The van der Waals surface area contributed by atoms with E-state index in [-0.39, 0.29) is 5.56 Å². The van der Waals surface area contributed by atoms with Gasteiger partial charge in [0.2, 0.25) is 0 Å². The fourth-order valence-corrected chi connectivity index (χ4v) is 3.86. The summed E-state index contributed by atoms with van der Waals surface area (Å²) in [7, 11) is 0. The molecule has 4 rings (SSSR count). The lowest BCUT2D eigenvalue weighted by atomic mass is 10.1. The molecular weight excluding hydrogens is 407 g/mol. The normalized spacial score (nSPS) is 10.7. The maximum atomic E-state index is 13.9. The van der Waals surface area contributed by atoms with Gasteiger partial charge in [0, 0.05) is 5.69 Å². The molecule has 0 atom stereocenters. The smallest absolute Gasteiger partial charge is 0.341 e. The first-order chi connectivity index (χ1) is 14.5. The summed E-state index contributed by atoms with van der Waals surface area (Å²) in [5.74, 6) is -2.01. The van der Waals surface area contributed by atoms with Crippen LogP contribution in [0.15, 0.2) is 66.7 Å². The van der Waals surface area contributed by atoms with Crippen molar-refractivity contribution in [3.63, 3.8) is 0 Å². The van der Waals surface area contributed by atoms with Crippen LogP contribution in [0, 0.1) is 5.82 Å². The average Bonchev–Trinajstić information content (AvgIpc) is 3.17. The molecule has 30 heavy (non-hydrogen) atoms. The summed E-state index contributed by atoms with van der Waals surface area (Å²) in [6, 6.07) is 18.0. The van der Waals surface area contributed by atoms with Crippen molar-refractivity contribution in [2.24, 2.45) is 0 Å². The molecule has 0 fully saturated rings. The minimum absolute atomic E-state index is 0.0785. The molecule has 0 aliphatic heterocycles. The molecule has 1 amide bonds. The van der Waals surface area contributed by atoms with E-state index in [0.717, 1.165) is 10.2 Å². The van der Waals surface area contributed by atoms with Crippen molar-refractivity contribution < 1.29 is 23.8 Å². The number of aromatic nitrogens is 1. The number of carboxylic acid groups (broad SMARTS) is 1. The van der Waals surface area contributed by atoms with E-state index in [9.17, 15) is 14.0 Å². The monoisotopic (exact) mass is 422 g/mol. The van der Waals surface area contributed by atoms with Gasteiger partial charge in [0.1, 0.15) is 16.6 Å². The Morgan fingerprint density at radius 1 is 1.07 bits per heavy atom. The van der Waals surface area contributed by atoms with E-state index in [4.69, 9.17) is 9.84 Å². The number of hydrogen-bond acceptors (Lipinski definition) is 5. The highest BCUT2D eigenvalue weighted by atomic mass is 32.1. The fourth-order valence-electron chi connectivity index (χ4n) is 2.87. The number of anilines is 1. The molecule has 0 radical (unpaired) electrons. The minimum Gasteiger partial charge on any atom is -0.481 e. The molecule has 2 N–H and O–H groups in total. The Labute approximate surface area is 174 Å². The molecule has 0 bridgehead atoms. The van der Waals surface area contributed by atoms with Crippen LogP contribution in [0.4, 0.5) is 10.1 Å². The number of fused-ring (bicyclic) bond motifs is 1.